The summed E-state index contributed by atoms with van der Waals surface area (Å²) in [5.41, 5.74) is -0.230. The summed E-state index contributed by atoms with van der Waals surface area (Å²) >= 11 is 1.50. The van der Waals surface area contributed by atoms with Crippen LogP contribution in [-0.4, -0.2) is 27.3 Å². The van der Waals surface area contributed by atoms with Crippen LogP contribution < -0.4 is 0 Å². The summed E-state index contributed by atoms with van der Waals surface area (Å²) in [5, 5.41) is 21.2. The molecular formula is C11H17NO3S. The molecule has 0 amide bonds. The Morgan fingerprint density at radius 2 is 2.06 bits per heavy atom. The van der Waals surface area contributed by atoms with E-state index >= 15 is 0 Å². The van der Waals surface area contributed by atoms with Crippen LogP contribution >= 0.6 is 11.3 Å². The van der Waals surface area contributed by atoms with Gasteiger partial charge >= 0.3 is 5.97 Å². The van der Waals surface area contributed by atoms with Crippen molar-refractivity contribution in [1.29, 1.82) is 0 Å². The van der Waals surface area contributed by atoms with Crippen molar-refractivity contribution in [2.75, 3.05) is 0 Å². The van der Waals surface area contributed by atoms with Gasteiger partial charge in [-0.15, -0.1) is 11.3 Å². The fourth-order valence-corrected chi connectivity index (χ4v) is 2.31. The smallest absolute Gasteiger partial charge is 0.333 e. The van der Waals surface area contributed by atoms with Gasteiger partial charge in [0.05, 0.1) is 10.7 Å². The summed E-state index contributed by atoms with van der Waals surface area (Å²) in [6, 6.07) is 0. The first-order valence-electron chi connectivity index (χ1n) is 5.13. The quantitative estimate of drug-likeness (QED) is 0.848. The third-order valence-electron chi connectivity index (χ3n) is 2.59. The molecule has 0 aliphatic carbocycles. The monoisotopic (exact) mass is 243 g/mol. The van der Waals surface area contributed by atoms with Crippen LogP contribution in [0.25, 0.3) is 0 Å². The molecule has 5 heteroatoms. The van der Waals surface area contributed by atoms with Gasteiger partial charge in [-0.25, -0.2) is 9.78 Å². The van der Waals surface area contributed by atoms with Crippen LogP contribution in [0.1, 0.15) is 44.3 Å². The van der Waals surface area contributed by atoms with E-state index in [1.807, 2.05) is 19.2 Å². The average molecular weight is 243 g/mol. The first-order valence-corrected chi connectivity index (χ1v) is 6.01. The van der Waals surface area contributed by atoms with Crippen LogP contribution in [0.3, 0.4) is 0 Å². The van der Waals surface area contributed by atoms with Crippen molar-refractivity contribution in [2.45, 2.75) is 45.1 Å². The van der Waals surface area contributed by atoms with Crippen LogP contribution in [-0.2, 0) is 10.2 Å². The standard InChI is InChI=1S/C11H17NO3S/c1-6(2)9-12-7(5-16-9)11(3,4)8(13)10(14)15/h5-6,8,13H,1-4H3,(H,14,15). The lowest BCUT2D eigenvalue weighted by molar-refractivity contribution is -0.150. The number of carboxylic acids is 1. The van der Waals surface area contributed by atoms with E-state index in [9.17, 15) is 9.90 Å². The molecule has 0 saturated carbocycles. The number of nitrogens with zero attached hydrogens (tertiary/aromatic N) is 1. The van der Waals surface area contributed by atoms with Gasteiger partial charge in [-0.05, 0) is 0 Å². The molecule has 0 radical (unpaired) electrons. The number of aliphatic hydroxyl groups excluding tert-OH is 1. The van der Waals surface area contributed by atoms with Gasteiger partial charge < -0.3 is 10.2 Å². The van der Waals surface area contributed by atoms with Crippen molar-refractivity contribution in [3.8, 4) is 0 Å². The Morgan fingerprint density at radius 3 is 2.44 bits per heavy atom. The Balaban J connectivity index is 3.02. The number of hydrogen-bond donors (Lipinski definition) is 2. The zero-order valence-corrected chi connectivity index (χ0v) is 10.7. The highest BCUT2D eigenvalue weighted by Gasteiger charge is 2.37. The molecule has 1 atom stereocenters. The molecule has 1 unspecified atom stereocenters. The van der Waals surface area contributed by atoms with Gasteiger partial charge in [0.1, 0.15) is 0 Å². The zero-order chi connectivity index (χ0) is 12.5. The number of aliphatic hydroxyl groups is 1. The average Bonchev–Trinajstić information content (AvgIpc) is 2.65. The Bertz CT molecular complexity index is 384. The number of carbonyl (C=O) groups is 1. The highest BCUT2D eigenvalue weighted by molar-refractivity contribution is 7.09. The lowest BCUT2D eigenvalue weighted by Gasteiger charge is -2.25. The topological polar surface area (TPSA) is 70.4 Å². The Kier molecular flexibility index (Phi) is 3.70. The maximum Gasteiger partial charge on any atom is 0.333 e. The van der Waals surface area contributed by atoms with Crippen LogP contribution in [0.15, 0.2) is 5.38 Å². The van der Waals surface area contributed by atoms with Gasteiger partial charge in [0.2, 0.25) is 0 Å². The predicted molar refractivity (Wildman–Crippen MR) is 62.9 cm³/mol. The molecule has 0 aromatic carbocycles. The van der Waals surface area contributed by atoms with Crippen molar-refractivity contribution in [3.63, 3.8) is 0 Å². The molecule has 0 bridgehead atoms. The minimum atomic E-state index is -1.44. The SMILES string of the molecule is CC(C)c1nc(C(C)(C)C(O)C(=O)O)cs1. The lowest BCUT2D eigenvalue weighted by atomic mass is 9.83. The number of hydrogen-bond acceptors (Lipinski definition) is 4. The van der Waals surface area contributed by atoms with Crippen molar-refractivity contribution in [1.82, 2.24) is 4.98 Å². The van der Waals surface area contributed by atoms with E-state index in [4.69, 9.17) is 5.11 Å². The molecule has 16 heavy (non-hydrogen) atoms. The lowest BCUT2D eigenvalue weighted by Crippen LogP contribution is -2.40. The minimum Gasteiger partial charge on any atom is -0.479 e. The number of carboxylic acid groups (broad SMARTS) is 1. The second-order valence-corrected chi connectivity index (χ2v) is 5.58. The molecule has 0 fully saturated rings. The molecule has 0 spiro atoms. The summed E-state index contributed by atoms with van der Waals surface area (Å²) < 4.78 is 0. The largest absolute Gasteiger partial charge is 0.479 e. The summed E-state index contributed by atoms with van der Waals surface area (Å²) in [6.45, 7) is 7.43. The normalized spacial score (nSPS) is 14.1. The molecule has 0 aliphatic heterocycles. The fraction of sp³-hybridized carbons (Fsp3) is 0.636. The highest BCUT2D eigenvalue weighted by atomic mass is 32.1. The second-order valence-electron chi connectivity index (χ2n) is 4.69. The van der Waals surface area contributed by atoms with Gasteiger partial charge in [-0.3, -0.25) is 0 Å². The summed E-state index contributed by atoms with van der Waals surface area (Å²) in [4.78, 5) is 15.2. The number of rotatable bonds is 4. The molecule has 4 nitrogen and oxygen atoms in total. The summed E-state index contributed by atoms with van der Waals surface area (Å²) in [5.74, 6) is -0.902. The molecule has 1 aromatic rings. The highest BCUT2D eigenvalue weighted by Crippen LogP contribution is 2.30. The van der Waals surface area contributed by atoms with Gasteiger partial charge in [0, 0.05) is 16.7 Å². The van der Waals surface area contributed by atoms with Crippen molar-refractivity contribution in [2.24, 2.45) is 0 Å². The molecule has 0 saturated heterocycles. The van der Waals surface area contributed by atoms with Crippen LogP contribution in [0.4, 0.5) is 0 Å². The van der Waals surface area contributed by atoms with Crippen molar-refractivity contribution < 1.29 is 15.0 Å². The molecule has 1 aromatic heterocycles. The van der Waals surface area contributed by atoms with Gasteiger partial charge in [0.15, 0.2) is 6.10 Å². The summed E-state index contributed by atoms with van der Waals surface area (Å²) in [7, 11) is 0. The summed E-state index contributed by atoms with van der Waals surface area (Å²) in [6.07, 6.45) is -1.44. The Hall–Kier alpha value is -0.940. The van der Waals surface area contributed by atoms with Crippen LogP contribution in [0, 0.1) is 0 Å². The van der Waals surface area contributed by atoms with Crippen molar-refractivity contribution in [3.05, 3.63) is 16.1 Å². The van der Waals surface area contributed by atoms with E-state index in [2.05, 4.69) is 4.98 Å². The second kappa shape index (κ2) is 4.51. The van der Waals surface area contributed by atoms with Gasteiger partial charge in [0.25, 0.3) is 0 Å². The molecule has 2 N–H and O–H groups in total. The Labute approximate surface area is 99.0 Å². The van der Waals surface area contributed by atoms with Crippen LogP contribution in [0.5, 0.6) is 0 Å². The third kappa shape index (κ3) is 2.41. The van der Waals surface area contributed by atoms with E-state index in [0.717, 1.165) is 5.01 Å². The third-order valence-corrected chi connectivity index (χ3v) is 3.74. The van der Waals surface area contributed by atoms with E-state index in [1.54, 1.807) is 13.8 Å². The van der Waals surface area contributed by atoms with Gasteiger partial charge in [-0.2, -0.15) is 0 Å². The molecule has 1 rings (SSSR count). The number of aliphatic carboxylic acids is 1. The maximum atomic E-state index is 10.8. The van der Waals surface area contributed by atoms with E-state index in [1.165, 1.54) is 11.3 Å². The first-order chi connectivity index (χ1) is 7.26. The molecule has 90 valence electrons. The van der Waals surface area contributed by atoms with Gasteiger partial charge in [-0.1, -0.05) is 27.7 Å². The predicted octanol–water partition coefficient (Wildman–Crippen LogP) is 1.99. The molecule has 0 aliphatic rings. The zero-order valence-electron chi connectivity index (χ0n) is 9.89. The first kappa shape index (κ1) is 13.1. The van der Waals surface area contributed by atoms with E-state index in [0.29, 0.717) is 11.6 Å². The maximum absolute atomic E-state index is 10.8. The Morgan fingerprint density at radius 1 is 1.50 bits per heavy atom. The molecule has 1 heterocycles. The molecular weight excluding hydrogens is 226 g/mol. The van der Waals surface area contributed by atoms with Crippen molar-refractivity contribution >= 4 is 17.3 Å². The van der Waals surface area contributed by atoms with Crippen LogP contribution in [0.2, 0.25) is 0 Å². The number of thiazole rings is 1. The fourth-order valence-electron chi connectivity index (χ4n) is 1.30. The number of aromatic nitrogens is 1. The van der Waals surface area contributed by atoms with E-state index in [-0.39, 0.29) is 0 Å². The minimum absolute atomic E-state index is 0.316. The van der Waals surface area contributed by atoms with E-state index < -0.39 is 17.5 Å².